The molecule has 2 aromatic rings. The molecular formula is C18H21N3. The van der Waals surface area contributed by atoms with Crippen LogP contribution < -0.4 is 11.1 Å². The first-order chi connectivity index (χ1) is 10.3. The van der Waals surface area contributed by atoms with Crippen LogP contribution in [0, 0.1) is 0 Å². The minimum absolute atomic E-state index is 0.426. The monoisotopic (exact) mass is 279 g/mol. The van der Waals surface area contributed by atoms with Crippen LogP contribution in [0.1, 0.15) is 28.7 Å². The predicted octanol–water partition coefficient (Wildman–Crippen LogP) is 2.36. The molecule has 21 heavy (non-hydrogen) atoms. The molecule has 2 aliphatic heterocycles. The fraction of sp³-hybridized carbons (Fsp3) is 0.333. The third kappa shape index (κ3) is 2.13. The van der Waals surface area contributed by atoms with Crippen LogP contribution in [-0.2, 0) is 0 Å². The molecule has 0 unspecified atom stereocenters. The number of nitrogens with zero attached hydrogens (tertiary/aromatic N) is 1. The van der Waals surface area contributed by atoms with Crippen LogP contribution in [0.15, 0.2) is 48.5 Å². The molecule has 2 heterocycles. The molecule has 0 amide bonds. The number of nitrogens with two attached hydrogens (primary N) is 1. The molecule has 0 aromatic heterocycles. The highest BCUT2D eigenvalue weighted by Crippen LogP contribution is 2.42. The number of hydrogen-bond donors (Lipinski definition) is 2. The molecule has 2 atom stereocenters. The Morgan fingerprint density at radius 1 is 1.05 bits per heavy atom. The molecule has 3 nitrogen and oxygen atoms in total. The largest absolute Gasteiger partial charge is 0.398 e. The summed E-state index contributed by atoms with van der Waals surface area (Å²) in [5.41, 5.74) is 11.4. The molecule has 3 heteroatoms. The third-order valence-corrected chi connectivity index (χ3v) is 4.86. The first kappa shape index (κ1) is 12.9. The van der Waals surface area contributed by atoms with Crippen LogP contribution in [0.2, 0.25) is 0 Å². The van der Waals surface area contributed by atoms with Gasteiger partial charge in [0, 0.05) is 43.8 Å². The van der Waals surface area contributed by atoms with Gasteiger partial charge in [-0.2, -0.15) is 0 Å². The van der Waals surface area contributed by atoms with E-state index in [4.69, 9.17) is 5.73 Å². The lowest BCUT2D eigenvalue weighted by Gasteiger charge is -2.44. The van der Waals surface area contributed by atoms with Crippen LogP contribution in [0.5, 0.6) is 0 Å². The van der Waals surface area contributed by atoms with Crippen molar-refractivity contribution in [3.05, 3.63) is 65.2 Å². The summed E-state index contributed by atoms with van der Waals surface area (Å²) in [4.78, 5) is 2.59. The second-order valence-corrected chi connectivity index (χ2v) is 6.03. The summed E-state index contributed by atoms with van der Waals surface area (Å²) in [6, 6.07) is 17.6. The van der Waals surface area contributed by atoms with Crippen LogP contribution in [-0.4, -0.2) is 31.1 Å². The van der Waals surface area contributed by atoms with Gasteiger partial charge >= 0.3 is 0 Å². The van der Waals surface area contributed by atoms with Gasteiger partial charge in [-0.3, -0.25) is 4.90 Å². The van der Waals surface area contributed by atoms with Gasteiger partial charge in [-0.25, -0.2) is 0 Å². The van der Waals surface area contributed by atoms with Gasteiger partial charge in [-0.1, -0.05) is 42.5 Å². The number of fused-ring (bicyclic) bond motifs is 3. The van der Waals surface area contributed by atoms with Crippen molar-refractivity contribution in [1.29, 1.82) is 0 Å². The van der Waals surface area contributed by atoms with Gasteiger partial charge in [-0.05, 0) is 22.8 Å². The lowest BCUT2D eigenvalue weighted by atomic mass is 9.80. The molecule has 0 saturated carbocycles. The molecule has 1 saturated heterocycles. The fourth-order valence-electron chi connectivity index (χ4n) is 3.84. The summed E-state index contributed by atoms with van der Waals surface area (Å²) in [6.07, 6.45) is 0. The quantitative estimate of drug-likeness (QED) is 0.787. The number of hydrogen-bond acceptors (Lipinski definition) is 3. The van der Waals surface area contributed by atoms with E-state index in [2.05, 4.69) is 52.7 Å². The zero-order valence-corrected chi connectivity index (χ0v) is 12.1. The van der Waals surface area contributed by atoms with Gasteiger partial charge in [0.1, 0.15) is 0 Å². The molecule has 0 aliphatic carbocycles. The molecule has 0 spiro atoms. The van der Waals surface area contributed by atoms with Crippen molar-refractivity contribution in [2.45, 2.75) is 12.0 Å². The SMILES string of the molecule is Nc1cccc2c1[C@H]1CNCCN1C[C@@H]2c1ccccc1. The highest BCUT2D eigenvalue weighted by atomic mass is 15.2. The first-order valence-corrected chi connectivity index (χ1v) is 7.72. The zero-order chi connectivity index (χ0) is 14.2. The van der Waals surface area contributed by atoms with E-state index in [9.17, 15) is 0 Å². The molecule has 2 aliphatic rings. The van der Waals surface area contributed by atoms with Gasteiger partial charge in [-0.15, -0.1) is 0 Å². The summed E-state index contributed by atoms with van der Waals surface area (Å²) in [5, 5.41) is 3.51. The van der Waals surface area contributed by atoms with E-state index in [1.165, 1.54) is 16.7 Å². The molecule has 2 aromatic carbocycles. The maximum atomic E-state index is 6.33. The molecule has 108 valence electrons. The van der Waals surface area contributed by atoms with E-state index in [0.717, 1.165) is 31.9 Å². The third-order valence-electron chi connectivity index (χ3n) is 4.86. The lowest BCUT2D eigenvalue weighted by Crippen LogP contribution is -2.50. The lowest BCUT2D eigenvalue weighted by molar-refractivity contribution is 0.144. The van der Waals surface area contributed by atoms with E-state index >= 15 is 0 Å². The van der Waals surface area contributed by atoms with Gasteiger partial charge in [0.2, 0.25) is 0 Å². The van der Waals surface area contributed by atoms with E-state index in [0.29, 0.717) is 12.0 Å². The number of anilines is 1. The first-order valence-electron chi connectivity index (χ1n) is 7.72. The second-order valence-electron chi connectivity index (χ2n) is 6.03. The Labute approximate surface area is 125 Å². The van der Waals surface area contributed by atoms with E-state index in [-0.39, 0.29) is 0 Å². The minimum atomic E-state index is 0.426. The van der Waals surface area contributed by atoms with Gasteiger partial charge in [0.15, 0.2) is 0 Å². The molecule has 4 rings (SSSR count). The average Bonchev–Trinajstić information content (AvgIpc) is 2.55. The van der Waals surface area contributed by atoms with Gasteiger partial charge in [0.05, 0.1) is 0 Å². The van der Waals surface area contributed by atoms with Gasteiger partial charge in [0.25, 0.3) is 0 Å². The van der Waals surface area contributed by atoms with Crippen molar-refractivity contribution < 1.29 is 0 Å². The van der Waals surface area contributed by atoms with E-state index in [1.807, 2.05) is 6.07 Å². The molecule has 1 fully saturated rings. The summed E-state index contributed by atoms with van der Waals surface area (Å²) in [7, 11) is 0. The standard InChI is InChI=1S/C18H21N3/c19-16-8-4-7-14-15(13-5-2-1-3-6-13)12-21-10-9-20-11-17(21)18(14)16/h1-8,15,17,20H,9-12,19H2/t15-,17-/m1/s1. The average molecular weight is 279 g/mol. The maximum absolute atomic E-state index is 6.33. The Kier molecular flexibility index (Phi) is 3.17. The number of rotatable bonds is 1. The van der Waals surface area contributed by atoms with Crippen LogP contribution in [0.4, 0.5) is 5.69 Å². The van der Waals surface area contributed by atoms with Crippen molar-refractivity contribution in [1.82, 2.24) is 10.2 Å². The molecule has 0 bridgehead atoms. The van der Waals surface area contributed by atoms with E-state index in [1.54, 1.807) is 0 Å². The molecular weight excluding hydrogens is 258 g/mol. The van der Waals surface area contributed by atoms with E-state index < -0.39 is 0 Å². The normalized spacial score (nSPS) is 25.1. The highest BCUT2D eigenvalue weighted by Gasteiger charge is 2.36. The number of nitrogens with one attached hydrogen (secondary N) is 1. The Balaban J connectivity index is 1.85. The van der Waals surface area contributed by atoms with Crippen LogP contribution in [0.3, 0.4) is 0 Å². The zero-order valence-electron chi connectivity index (χ0n) is 12.1. The highest BCUT2D eigenvalue weighted by molar-refractivity contribution is 5.57. The van der Waals surface area contributed by atoms with Crippen LogP contribution >= 0.6 is 0 Å². The molecule has 0 radical (unpaired) electrons. The van der Waals surface area contributed by atoms with Crippen molar-refractivity contribution >= 4 is 5.69 Å². The maximum Gasteiger partial charge on any atom is 0.0496 e. The van der Waals surface area contributed by atoms with Gasteiger partial charge < -0.3 is 11.1 Å². The predicted molar refractivity (Wildman–Crippen MR) is 86.3 cm³/mol. The minimum Gasteiger partial charge on any atom is -0.398 e. The Morgan fingerprint density at radius 2 is 1.90 bits per heavy atom. The smallest absolute Gasteiger partial charge is 0.0496 e. The van der Waals surface area contributed by atoms with Crippen LogP contribution in [0.25, 0.3) is 0 Å². The topological polar surface area (TPSA) is 41.3 Å². The van der Waals surface area contributed by atoms with Crippen molar-refractivity contribution in [2.75, 3.05) is 31.9 Å². The Morgan fingerprint density at radius 3 is 2.76 bits per heavy atom. The summed E-state index contributed by atoms with van der Waals surface area (Å²) in [6.45, 7) is 4.26. The molecule has 3 N–H and O–H groups in total. The number of benzene rings is 2. The number of piperazine rings is 1. The second kappa shape index (κ2) is 5.17. The Hall–Kier alpha value is -1.84. The summed E-state index contributed by atoms with van der Waals surface area (Å²) < 4.78 is 0. The summed E-state index contributed by atoms with van der Waals surface area (Å²) >= 11 is 0. The van der Waals surface area contributed by atoms with Crippen molar-refractivity contribution in [3.8, 4) is 0 Å². The fourth-order valence-corrected chi connectivity index (χ4v) is 3.84. The Bertz CT molecular complexity index is 638. The number of nitrogen functional groups attached to an aromatic ring is 1. The van der Waals surface area contributed by atoms with Crippen molar-refractivity contribution in [2.24, 2.45) is 0 Å². The summed E-state index contributed by atoms with van der Waals surface area (Å²) in [5.74, 6) is 0.430. The van der Waals surface area contributed by atoms with Crippen molar-refractivity contribution in [3.63, 3.8) is 0 Å².